The van der Waals surface area contributed by atoms with Gasteiger partial charge in [0.05, 0.1) is 19.1 Å². The van der Waals surface area contributed by atoms with Crippen molar-refractivity contribution in [2.45, 2.75) is 33.1 Å². The van der Waals surface area contributed by atoms with E-state index in [0.29, 0.717) is 41.0 Å². The smallest absolute Gasteiger partial charge is 0.309 e. The summed E-state index contributed by atoms with van der Waals surface area (Å²) in [6, 6.07) is 3.47. The van der Waals surface area contributed by atoms with Crippen molar-refractivity contribution in [3.8, 4) is 11.5 Å². The Morgan fingerprint density at radius 3 is 2.62 bits per heavy atom. The standard InChI is InChI=1S/C16H21ClO4/c1-16(2,15(18)19)8-11-12(17)6-7-13(20-3)14(11)21-9-10-4-5-10/h6-7,10H,4-5,8-9H2,1-3H3,(H,18,19). The maximum Gasteiger partial charge on any atom is 0.309 e. The Balaban J connectivity index is 2.33. The Morgan fingerprint density at radius 1 is 1.43 bits per heavy atom. The van der Waals surface area contributed by atoms with Gasteiger partial charge in [0.2, 0.25) is 0 Å². The van der Waals surface area contributed by atoms with Crippen molar-refractivity contribution < 1.29 is 19.4 Å². The average Bonchev–Trinajstić information content (AvgIpc) is 3.23. The summed E-state index contributed by atoms with van der Waals surface area (Å²) in [5, 5.41) is 9.83. The zero-order valence-electron chi connectivity index (χ0n) is 12.6. The highest BCUT2D eigenvalue weighted by Crippen LogP contribution is 2.41. The normalized spacial score (nSPS) is 14.9. The van der Waals surface area contributed by atoms with Gasteiger partial charge in [-0.25, -0.2) is 0 Å². The van der Waals surface area contributed by atoms with Crippen LogP contribution in [0.5, 0.6) is 11.5 Å². The van der Waals surface area contributed by atoms with Crippen LogP contribution in [0.25, 0.3) is 0 Å². The second-order valence-corrected chi connectivity index (χ2v) is 6.58. The van der Waals surface area contributed by atoms with E-state index in [1.165, 1.54) is 12.8 Å². The van der Waals surface area contributed by atoms with Crippen LogP contribution in [0.2, 0.25) is 5.02 Å². The Hall–Kier alpha value is -1.42. The number of hydrogen-bond donors (Lipinski definition) is 1. The Bertz CT molecular complexity index is 535. The Kier molecular flexibility index (Phi) is 4.67. The topological polar surface area (TPSA) is 55.8 Å². The fourth-order valence-corrected chi connectivity index (χ4v) is 2.28. The van der Waals surface area contributed by atoms with Gasteiger partial charge in [-0.3, -0.25) is 4.79 Å². The van der Waals surface area contributed by atoms with E-state index in [4.69, 9.17) is 21.1 Å². The van der Waals surface area contributed by atoms with Crippen LogP contribution in [0.4, 0.5) is 0 Å². The summed E-state index contributed by atoms with van der Waals surface area (Å²) in [4.78, 5) is 11.4. The highest BCUT2D eigenvalue weighted by Gasteiger charge is 2.31. The van der Waals surface area contributed by atoms with E-state index in [-0.39, 0.29) is 0 Å². The largest absolute Gasteiger partial charge is 0.493 e. The van der Waals surface area contributed by atoms with Gasteiger partial charge in [-0.2, -0.15) is 0 Å². The van der Waals surface area contributed by atoms with E-state index in [2.05, 4.69) is 0 Å². The molecule has 0 amide bonds. The fourth-order valence-electron chi connectivity index (χ4n) is 2.07. The van der Waals surface area contributed by atoms with E-state index in [9.17, 15) is 9.90 Å². The summed E-state index contributed by atoms with van der Waals surface area (Å²) >= 11 is 6.27. The number of carbonyl (C=O) groups is 1. The van der Waals surface area contributed by atoms with Gasteiger partial charge in [0.1, 0.15) is 0 Å². The number of aliphatic carboxylic acids is 1. The molecule has 0 aliphatic heterocycles. The highest BCUT2D eigenvalue weighted by atomic mass is 35.5. The maximum atomic E-state index is 11.4. The van der Waals surface area contributed by atoms with E-state index in [1.807, 2.05) is 0 Å². The lowest BCUT2D eigenvalue weighted by atomic mass is 9.85. The third kappa shape index (κ3) is 3.82. The molecule has 1 aliphatic rings. The first kappa shape index (κ1) is 16.0. The van der Waals surface area contributed by atoms with Crippen LogP contribution in [0.1, 0.15) is 32.3 Å². The van der Waals surface area contributed by atoms with Crippen LogP contribution in [0.15, 0.2) is 12.1 Å². The van der Waals surface area contributed by atoms with Crippen LogP contribution < -0.4 is 9.47 Å². The lowest BCUT2D eigenvalue weighted by molar-refractivity contribution is -0.146. The molecule has 0 spiro atoms. The summed E-state index contributed by atoms with van der Waals surface area (Å²) in [5.74, 6) is 0.894. The molecule has 1 fully saturated rings. The van der Waals surface area contributed by atoms with Gasteiger partial charge in [0.15, 0.2) is 11.5 Å². The molecule has 5 heteroatoms. The maximum absolute atomic E-state index is 11.4. The molecule has 0 aromatic heterocycles. The number of ether oxygens (including phenoxy) is 2. The van der Waals surface area contributed by atoms with Crippen molar-refractivity contribution in [1.82, 2.24) is 0 Å². The lowest BCUT2D eigenvalue weighted by Gasteiger charge is -2.23. The third-order valence-electron chi connectivity index (χ3n) is 3.75. The van der Waals surface area contributed by atoms with Gasteiger partial charge in [0.25, 0.3) is 0 Å². The predicted molar refractivity (Wildman–Crippen MR) is 81.3 cm³/mol. The molecular formula is C16H21ClO4. The van der Waals surface area contributed by atoms with Crippen molar-refractivity contribution in [2.75, 3.05) is 13.7 Å². The summed E-state index contributed by atoms with van der Waals surface area (Å²) < 4.78 is 11.2. The molecule has 0 radical (unpaired) electrons. The first-order valence-electron chi connectivity index (χ1n) is 7.06. The molecule has 1 aromatic carbocycles. The predicted octanol–water partition coefficient (Wildman–Crippen LogP) is 3.79. The van der Waals surface area contributed by atoms with Gasteiger partial charge < -0.3 is 14.6 Å². The quantitative estimate of drug-likeness (QED) is 0.832. The molecule has 1 saturated carbocycles. The fraction of sp³-hybridized carbons (Fsp3) is 0.562. The average molecular weight is 313 g/mol. The van der Waals surface area contributed by atoms with Gasteiger partial charge >= 0.3 is 5.97 Å². The van der Waals surface area contributed by atoms with Crippen LogP contribution in [0.3, 0.4) is 0 Å². The lowest BCUT2D eigenvalue weighted by Crippen LogP contribution is -2.26. The van der Waals surface area contributed by atoms with Crippen LogP contribution in [-0.4, -0.2) is 24.8 Å². The van der Waals surface area contributed by atoms with Gasteiger partial charge in [0, 0.05) is 10.6 Å². The van der Waals surface area contributed by atoms with Gasteiger partial charge in [-0.15, -0.1) is 0 Å². The number of halogens is 1. The monoisotopic (exact) mass is 312 g/mol. The number of rotatable bonds is 7. The molecule has 2 rings (SSSR count). The number of benzene rings is 1. The van der Waals surface area contributed by atoms with E-state index >= 15 is 0 Å². The molecule has 0 unspecified atom stereocenters. The van der Waals surface area contributed by atoms with Crippen molar-refractivity contribution in [1.29, 1.82) is 0 Å². The molecule has 1 aromatic rings. The molecule has 1 aliphatic carbocycles. The molecule has 0 heterocycles. The molecule has 0 saturated heterocycles. The minimum atomic E-state index is -0.923. The number of methoxy groups -OCH3 is 1. The molecule has 1 N–H and O–H groups in total. The zero-order valence-corrected chi connectivity index (χ0v) is 13.4. The summed E-state index contributed by atoms with van der Waals surface area (Å²) in [5.41, 5.74) is -0.225. The van der Waals surface area contributed by atoms with Crippen LogP contribution >= 0.6 is 11.6 Å². The minimum absolute atomic E-state index is 0.290. The first-order chi connectivity index (χ1) is 9.85. The number of carboxylic acid groups (broad SMARTS) is 1. The second kappa shape index (κ2) is 6.14. The van der Waals surface area contributed by atoms with Gasteiger partial charge in [-0.05, 0) is 51.2 Å². The molecule has 116 valence electrons. The van der Waals surface area contributed by atoms with E-state index < -0.39 is 11.4 Å². The van der Waals surface area contributed by atoms with Crippen LogP contribution in [-0.2, 0) is 11.2 Å². The van der Waals surface area contributed by atoms with Crippen molar-refractivity contribution >= 4 is 17.6 Å². The molecule has 0 bridgehead atoms. The first-order valence-corrected chi connectivity index (χ1v) is 7.44. The zero-order chi connectivity index (χ0) is 15.6. The number of carboxylic acids is 1. The van der Waals surface area contributed by atoms with Crippen molar-refractivity contribution in [3.63, 3.8) is 0 Å². The Morgan fingerprint density at radius 2 is 2.10 bits per heavy atom. The van der Waals surface area contributed by atoms with Crippen molar-refractivity contribution in [3.05, 3.63) is 22.7 Å². The molecule has 4 nitrogen and oxygen atoms in total. The van der Waals surface area contributed by atoms with Crippen LogP contribution in [0, 0.1) is 11.3 Å². The van der Waals surface area contributed by atoms with E-state index in [1.54, 1.807) is 33.1 Å². The van der Waals surface area contributed by atoms with Gasteiger partial charge in [-0.1, -0.05) is 11.6 Å². The van der Waals surface area contributed by atoms with E-state index in [0.717, 1.165) is 0 Å². The SMILES string of the molecule is COc1ccc(Cl)c(CC(C)(C)C(=O)O)c1OCC1CC1. The third-order valence-corrected chi connectivity index (χ3v) is 4.10. The highest BCUT2D eigenvalue weighted by molar-refractivity contribution is 6.31. The molecule has 0 atom stereocenters. The molecular weight excluding hydrogens is 292 g/mol. The minimum Gasteiger partial charge on any atom is -0.493 e. The van der Waals surface area contributed by atoms with Crippen molar-refractivity contribution in [2.24, 2.45) is 11.3 Å². The summed E-state index contributed by atoms with van der Waals surface area (Å²) in [6.07, 6.45) is 2.65. The Labute approximate surface area is 130 Å². The molecule has 21 heavy (non-hydrogen) atoms. The second-order valence-electron chi connectivity index (χ2n) is 6.18. The number of hydrogen-bond acceptors (Lipinski definition) is 3. The summed E-state index contributed by atoms with van der Waals surface area (Å²) in [6.45, 7) is 3.98. The summed E-state index contributed by atoms with van der Waals surface area (Å²) in [7, 11) is 1.57.